The van der Waals surface area contributed by atoms with Gasteiger partial charge in [-0.3, -0.25) is 10.1 Å². The second-order valence-electron chi connectivity index (χ2n) is 4.93. The van der Waals surface area contributed by atoms with Crippen LogP contribution in [-0.4, -0.2) is 17.5 Å². The highest BCUT2D eigenvalue weighted by molar-refractivity contribution is 7.14. The average molecular weight is 300 g/mol. The quantitative estimate of drug-likeness (QED) is 0.825. The Hall–Kier alpha value is -2.14. The van der Waals surface area contributed by atoms with E-state index < -0.39 is 0 Å². The number of rotatable bonds is 6. The Balaban J connectivity index is 1.62. The molecule has 1 fully saturated rings. The van der Waals surface area contributed by atoms with Crippen molar-refractivity contribution in [3.63, 3.8) is 0 Å². The number of thiazole rings is 1. The minimum absolute atomic E-state index is 0.151. The fraction of sp³-hybridized carbons (Fsp3) is 0.250. The lowest BCUT2D eigenvalue weighted by atomic mass is 10.2. The molecular weight excluding hydrogens is 284 g/mol. The van der Waals surface area contributed by atoms with E-state index in [-0.39, 0.29) is 5.91 Å². The normalized spacial score (nSPS) is 13.7. The molecule has 1 N–H and O–H groups in total. The predicted molar refractivity (Wildman–Crippen MR) is 84.2 cm³/mol. The number of hydrogen-bond acceptors (Lipinski definition) is 4. The van der Waals surface area contributed by atoms with Crippen molar-refractivity contribution in [2.45, 2.75) is 18.8 Å². The van der Waals surface area contributed by atoms with Gasteiger partial charge in [0, 0.05) is 16.9 Å². The first kappa shape index (κ1) is 13.8. The fourth-order valence-corrected chi connectivity index (χ4v) is 2.72. The zero-order chi connectivity index (χ0) is 14.7. The van der Waals surface area contributed by atoms with E-state index in [0.717, 1.165) is 11.4 Å². The number of nitrogens with one attached hydrogen (secondary N) is 1. The van der Waals surface area contributed by atoms with E-state index in [9.17, 15) is 4.79 Å². The zero-order valence-corrected chi connectivity index (χ0v) is 12.4. The molecule has 1 aromatic heterocycles. The number of anilines is 1. The van der Waals surface area contributed by atoms with Crippen molar-refractivity contribution in [2.75, 3.05) is 11.9 Å². The van der Waals surface area contributed by atoms with Crippen LogP contribution in [0.2, 0.25) is 0 Å². The van der Waals surface area contributed by atoms with Gasteiger partial charge in [-0.25, -0.2) is 4.98 Å². The van der Waals surface area contributed by atoms with Gasteiger partial charge in [0.15, 0.2) is 5.13 Å². The molecule has 1 heterocycles. The van der Waals surface area contributed by atoms with Crippen molar-refractivity contribution in [3.05, 3.63) is 53.6 Å². The van der Waals surface area contributed by atoms with E-state index in [1.165, 1.54) is 24.2 Å². The second kappa shape index (κ2) is 6.10. The SMILES string of the molecule is C=CCOc1ccc(C(=O)Nc2nc(C3CC3)cs2)cc1. The molecule has 0 bridgehead atoms. The van der Waals surface area contributed by atoms with Gasteiger partial charge < -0.3 is 4.74 Å². The molecule has 0 saturated heterocycles. The topological polar surface area (TPSA) is 51.2 Å². The highest BCUT2D eigenvalue weighted by Gasteiger charge is 2.26. The molecule has 1 saturated carbocycles. The molecule has 1 amide bonds. The van der Waals surface area contributed by atoms with Gasteiger partial charge in [-0.1, -0.05) is 12.7 Å². The number of aromatic nitrogens is 1. The van der Waals surface area contributed by atoms with Gasteiger partial charge in [0.1, 0.15) is 12.4 Å². The van der Waals surface area contributed by atoms with Gasteiger partial charge in [-0.15, -0.1) is 11.3 Å². The molecule has 5 heteroatoms. The lowest BCUT2D eigenvalue weighted by Gasteiger charge is -2.05. The summed E-state index contributed by atoms with van der Waals surface area (Å²) in [6.07, 6.45) is 4.10. The molecule has 0 atom stereocenters. The molecule has 0 radical (unpaired) electrons. The lowest BCUT2D eigenvalue weighted by Crippen LogP contribution is -2.11. The summed E-state index contributed by atoms with van der Waals surface area (Å²) in [7, 11) is 0. The van der Waals surface area contributed by atoms with Gasteiger partial charge in [0.05, 0.1) is 5.69 Å². The molecular formula is C16H16N2O2S. The van der Waals surface area contributed by atoms with Crippen molar-refractivity contribution < 1.29 is 9.53 Å². The van der Waals surface area contributed by atoms with Crippen LogP contribution < -0.4 is 10.1 Å². The maximum atomic E-state index is 12.1. The number of amides is 1. The summed E-state index contributed by atoms with van der Waals surface area (Å²) < 4.78 is 5.38. The molecule has 0 aliphatic heterocycles. The van der Waals surface area contributed by atoms with E-state index in [1.54, 1.807) is 30.3 Å². The Kier molecular flexibility index (Phi) is 4.01. The number of carbonyl (C=O) groups excluding carboxylic acids is 1. The lowest BCUT2D eigenvalue weighted by molar-refractivity contribution is 0.102. The van der Waals surface area contributed by atoms with Crippen molar-refractivity contribution in [1.29, 1.82) is 0 Å². The summed E-state index contributed by atoms with van der Waals surface area (Å²) in [6, 6.07) is 7.03. The summed E-state index contributed by atoms with van der Waals surface area (Å²) in [5.74, 6) is 1.17. The minimum Gasteiger partial charge on any atom is -0.490 e. The highest BCUT2D eigenvalue weighted by atomic mass is 32.1. The van der Waals surface area contributed by atoms with E-state index in [4.69, 9.17) is 4.74 Å². The van der Waals surface area contributed by atoms with E-state index in [2.05, 4.69) is 16.9 Å². The molecule has 0 unspecified atom stereocenters. The van der Waals surface area contributed by atoms with Crippen LogP contribution in [0.5, 0.6) is 5.75 Å². The summed E-state index contributed by atoms with van der Waals surface area (Å²) in [5, 5.41) is 5.52. The predicted octanol–water partition coefficient (Wildman–Crippen LogP) is 3.84. The van der Waals surface area contributed by atoms with Crippen molar-refractivity contribution in [1.82, 2.24) is 4.98 Å². The standard InChI is InChI=1S/C16H16N2O2S/c1-2-9-20-13-7-5-12(6-8-13)15(19)18-16-17-14(10-21-16)11-3-4-11/h2,5-8,10-11H,1,3-4,9H2,(H,17,18,19). The first-order valence-electron chi connectivity index (χ1n) is 6.87. The van der Waals surface area contributed by atoms with Gasteiger partial charge in [-0.2, -0.15) is 0 Å². The monoisotopic (exact) mass is 300 g/mol. The van der Waals surface area contributed by atoms with E-state index in [0.29, 0.717) is 23.2 Å². The van der Waals surface area contributed by atoms with Crippen LogP contribution in [-0.2, 0) is 0 Å². The molecule has 1 aliphatic rings. The molecule has 2 aromatic rings. The minimum atomic E-state index is -0.151. The van der Waals surface area contributed by atoms with Crippen molar-refractivity contribution >= 4 is 22.4 Å². The Bertz CT molecular complexity index is 645. The van der Waals surface area contributed by atoms with Crippen LogP contribution in [0.4, 0.5) is 5.13 Å². The highest BCUT2D eigenvalue weighted by Crippen LogP contribution is 2.40. The molecule has 21 heavy (non-hydrogen) atoms. The number of ether oxygens (including phenoxy) is 1. The molecule has 3 rings (SSSR count). The number of benzene rings is 1. The molecule has 1 aromatic carbocycles. The van der Waals surface area contributed by atoms with Gasteiger partial charge in [-0.05, 0) is 37.1 Å². The zero-order valence-electron chi connectivity index (χ0n) is 11.5. The van der Waals surface area contributed by atoms with E-state index >= 15 is 0 Å². The molecule has 4 nitrogen and oxygen atoms in total. The van der Waals surface area contributed by atoms with Crippen LogP contribution in [0.15, 0.2) is 42.3 Å². The maximum Gasteiger partial charge on any atom is 0.257 e. The molecule has 108 valence electrons. The third kappa shape index (κ3) is 3.49. The van der Waals surface area contributed by atoms with Crippen LogP contribution >= 0.6 is 11.3 Å². The van der Waals surface area contributed by atoms with Crippen LogP contribution in [0.3, 0.4) is 0 Å². The van der Waals surface area contributed by atoms with Crippen LogP contribution in [0, 0.1) is 0 Å². The van der Waals surface area contributed by atoms with Crippen molar-refractivity contribution in [2.24, 2.45) is 0 Å². The third-order valence-electron chi connectivity index (χ3n) is 3.22. The first-order chi connectivity index (χ1) is 10.3. The summed E-state index contributed by atoms with van der Waals surface area (Å²) in [6.45, 7) is 4.05. The maximum absolute atomic E-state index is 12.1. The summed E-state index contributed by atoms with van der Waals surface area (Å²) >= 11 is 1.48. The fourth-order valence-electron chi connectivity index (χ4n) is 1.94. The molecule has 1 aliphatic carbocycles. The Labute approximate surface area is 127 Å². The number of hydrogen-bond donors (Lipinski definition) is 1. The van der Waals surface area contributed by atoms with Gasteiger partial charge in [0.25, 0.3) is 5.91 Å². The second-order valence-corrected chi connectivity index (χ2v) is 5.79. The Morgan fingerprint density at radius 1 is 1.43 bits per heavy atom. The Morgan fingerprint density at radius 2 is 2.19 bits per heavy atom. The van der Waals surface area contributed by atoms with Gasteiger partial charge >= 0.3 is 0 Å². The van der Waals surface area contributed by atoms with E-state index in [1.807, 2.05) is 5.38 Å². The number of carbonyl (C=O) groups is 1. The van der Waals surface area contributed by atoms with Crippen molar-refractivity contribution in [3.8, 4) is 5.75 Å². The van der Waals surface area contributed by atoms with Crippen LogP contribution in [0.25, 0.3) is 0 Å². The molecule has 0 spiro atoms. The van der Waals surface area contributed by atoms with Crippen LogP contribution in [0.1, 0.15) is 34.8 Å². The number of nitrogens with zero attached hydrogens (tertiary/aromatic N) is 1. The summed E-state index contributed by atoms with van der Waals surface area (Å²) in [5.41, 5.74) is 1.69. The average Bonchev–Trinajstić information content (AvgIpc) is 3.26. The smallest absolute Gasteiger partial charge is 0.257 e. The van der Waals surface area contributed by atoms with Gasteiger partial charge in [0.2, 0.25) is 0 Å². The Morgan fingerprint density at radius 3 is 2.86 bits per heavy atom. The third-order valence-corrected chi connectivity index (χ3v) is 4.00. The first-order valence-corrected chi connectivity index (χ1v) is 7.75. The summed E-state index contributed by atoms with van der Waals surface area (Å²) in [4.78, 5) is 16.6. The largest absolute Gasteiger partial charge is 0.490 e.